The number of benzene rings is 1. The molecule has 1 atom stereocenters. The molecule has 1 aromatic rings. The minimum Gasteiger partial charge on any atom is -0.391 e. The average Bonchev–Trinajstić information content (AvgIpc) is 2.35. The van der Waals surface area contributed by atoms with Crippen molar-refractivity contribution in [1.29, 1.82) is 0 Å². The van der Waals surface area contributed by atoms with E-state index in [-0.39, 0.29) is 0 Å². The fourth-order valence-corrected chi connectivity index (χ4v) is 8.87. The maximum absolute atomic E-state index is 10.4. The smallest absolute Gasteiger partial charge is 0.203 e. The van der Waals surface area contributed by atoms with Gasteiger partial charge in [0.15, 0.2) is 0 Å². The van der Waals surface area contributed by atoms with E-state index in [0.717, 1.165) is 5.56 Å². The normalized spacial score (nSPS) is 14.3. The average molecular weight is 295 g/mol. The highest BCUT2D eigenvalue weighted by Gasteiger charge is 2.46. The molecule has 0 saturated carbocycles. The first-order chi connectivity index (χ1) is 9.30. The van der Waals surface area contributed by atoms with E-state index >= 15 is 0 Å². The van der Waals surface area contributed by atoms with Crippen LogP contribution in [0.25, 0.3) is 0 Å². The van der Waals surface area contributed by atoms with Crippen LogP contribution in [0.15, 0.2) is 30.3 Å². The maximum atomic E-state index is 10.4. The van der Waals surface area contributed by atoms with Crippen molar-refractivity contribution >= 4 is 8.32 Å². The summed E-state index contributed by atoms with van der Waals surface area (Å²) < 4.78 is 6.32. The molecule has 0 aliphatic heterocycles. The van der Waals surface area contributed by atoms with Crippen molar-refractivity contribution in [2.75, 3.05) is 0 Å². The van der Waals surface area contributed by atoms with Crippen molar-refractivity contribution in [3.8, 4) is 0 Å². The molecule has 0 radical (unpaired) electrons. The molecule has 0 heterocycles. The number of rotatable bonds is 7. The van der Waals surface area contributed by atoms with Crippen LogP contribution in [0.2, 0.25) is 16.6 Å². The Kier molecular flexibility index (Phi) is 6.43. The Morgan fingerprint density at radius 2 is 1.35 bits per heavy atom. The van der Waals surface area contributed by atoms with Crippen molar-refractivity contribution < 1.29 is 9.53 Å². The van der Waals surface area contributed by atoms with Gasteiger partial charge in [0.05, 0.1) is 0 Å². The fourth-order valence-electron chi connectivity index (χ4n) is 3.50. The molecule has 0 amide bonds. The van der Waals surface area contributed by atoms with Crippen molar-refractivity contribution in [3.05, 3.63) is 35.9 Å². The molecule has 0 aliphatic rings. The molecule has 2 nitrogen and oxygen atoms in total. The van der Waals surface area contributed by atoms with Crippen molar-refractivity contribution in [1.82, 2.24) is 0 Å². The molecule has 0 bridgehead atoms. The van der Waals surface area contributed by atoms with E-state index in [1.165, 1.54) is 0 Å². The third-order valence-electron chi connectivity index (χ3n) is 4.30. The van der Waals surface area contributed by atoms with E-state index in [1.807, 2.05) is 30.3 Å². The lowest BCUT2D eigenvalue weighted by Gasteiger charge is -2.43. The molecule has 1 rings (SSSR count). The summed E-state index contributed by atoms with van der Waals surface area (Å²) in [6.45, 7) is 13.4. The van der Waals surface area contributed by atoms with Crippen LogP contribution >= 0.6 is 0 Å². The van der Waals surface area contributed by atoms with Crippen LogP contribution in [-0.2, 0) is 10.8 Å². The van der Waals surface area contributed by atoms with Crippen LogP contribution in [0, 0.1) is 0 Å². The molecule has 0 spiro atoms. The summed E-state index contributed by atoms with van der Waals surface area (Å²) in [4.78, 5) is 0. The number of hydrogen-bond donors (Lipinski definition) is 1. The SMILES string of the molecule is CC(C)[Si](OC(O)Cc1ccccc1)(C(C)C)C(C)C. The van der Waals surface area contributed by atoms with Crippen molar-refractivity contribution in [2.24, 2.45) is 0 Å². The largest absolute Gasteiger partial charge is 0.391 e. The number of aliphatic hydroxyl groups excluding tert-OH is 1. The van der Waals surface area contributed by atoms with E-state index in [9.17, 15) is 5.11 Å². The molecule has 0 saturated heterocycles. The molecule has 1 N–H and O–H groups in total. The van der Waals surface area contributed by atoms with E-state index in [0.29, 0.717) is 23.0 Å². The summed E-state index contributed by atoms with van der Waals surface area (Å²) in [5, 5.41) is 10.4. The summed E-state index contributed by atoms with van der Waals surface area (Å²) in [5.41, 5.74) is 2.60. The van der Waals surface area contributed by atoms with Gasteiger partial charge in [-0.3, -0.25) is 0 Å². The standard InChI is InChI=1S/C17H30O2Si/c1-13(2)20(14(3)4,15(5)6)19-17(18)12-16-10-8-7-9-11-16/h7-11,13-15,17-18H,12H2,1-6H3. The first-order valence-electron chi connectivity index (χ1n) is 7.70. The Balaban J connectivity index is 2.84. The molecule has 3 heteroatoms. The zero-order valence-electron chi connectivity index (χ0n) is 13.8. The molecule has 0 fully saturated rings. The van der Waals surface area contributed by atoms with Gasteiger partial charge in [-0.15, -0.1) is 0 Å². The monoisotopic (exact) mass is 294 g/mol. The van der Waals surface area contributed by atoms with Gasteiger partial charge in [-0.05, 0) is 22.2 Å². The van der Waals surface area contributed by atoms with Crippen LogP contribution in [0.1, 0.15) is 47.1 Å². The fraction of sp³-hybridized carbons (Fsp3) is 0.647. The quantitative estimate of drug-likeness (QED) is 0.581. The van der Waals surface area contributed by atoms with Crippen LogP contribution < -0.4 is 0 Å². The molecular weight excluding hydrogens is 264 g/mol. The second kappa shape index (κ2) is 7.39. The van der Waals surface area contributed by atoms with Gasteiger partial charge in [0.2, 0.25) is 8.32 Å². The molecule has 0 aromatic heterocycles. The van der Waals surface area contributed by atoms with Gasteiger partial charge >= 0.3 is 0 Å². The van der Waals surface area contributed by atoms with Gasteiger partial charge in [0, 0.05) is 6.42 Å². The lowest BCUT2D eigenvalue weighted by Crippen LogP contribution is -2.50. The minimum absolute atomic E-state index is 0.493. The third-order valence-corrected chi connectivity index (χ3v) is 10.4. The predicted octanol–water partition coefficient (Wildman–Crippen LogP) is 4.74. The van der Waals surface area contributed by atoms with Crippen LogP contribution in [0.5, 0.6) is 0 Å². The third kappa shape index (κ3) is 3.93. The van der Waals surface area contributed by atoms with Crippen molar-refractivity contribution in [2.45, 2.75) is 70.9 Å². The van der Waals surface area contributed by atoms with Gasteiger partial charge in [-0.25, -0.2) is 0 Å². The zero-order valence-corrected chi connectivity index (χ0v) is 14.8. The van der Waals surface area contributed by atoms with Gasteiger partial charge in [0.25, 0.3) is 0 Å². The highest BCUT2D eigenvalue weighted by atomic mass is 28.4. The van der Waals surface area contributed by atoms with Crippen molar-refractivity contribution in [3.63, 3.8) is 0 Å². The second-order valence-corrected chi connectivity index (χ2v) is 12.0. The summed E-state index contributed by atoms with van der Waals surface area (Å²) in [7, 11) is -1.99. The van der Waals surface area contributed by atoms with Crippen LogP contribution in [0.4, 0.5) is 0 Å². The molecule has 0 aliphatic carbocycles. The summed E-state index contributed by atoms with van der Waals surface area (Å²) in [6, 6.07) is 10.1. The lowest BCUT2D eigenvalue weighted by atomic mass is 10.1. The van der Waals surface area contributed by atoms with E-state index in [2.05, 4.69) is 41.5 Å². The summed E-state index contributed by atoms with van der Waals surface area (Å²) in [5.74, 6) is 0. The Labute approximate surface area is 125 Å². The van der Waals surface area contributed by atoms with E-state index in [4.69, 9.17) is 4.43 Å². The topological polar surface area (TPSA) is 29.5 Å². The number of hydrogen-bond acceptors (Lipinski definition) is 2. The molecule has 1 unspecified atom stereocenters. The van der Waals surface area contributed by atoms with Crippen LogP contribution in [-0.4, -0.2) is 19.7 Å². The first-order valence-corrected chi connectivity index (χ1v) is 9.84. The lowest BCUT2D eigenvalue weighted by molar-refractivity contribution is -0.0297. The maximum Gasteiger partial charge on any atom is 0.203 e. The number of aliphatic hydroxyl groups is 1. The highest BCUT2D eigenvalue weighted by Crippen LogP contribution is 2.42. The second-order valence-electron chi connectivity index (χ2n) is 6.58. The van der Waals surface area contributed by atoms with Gasteiger partial charge in [-0.1, -0.05) is 71.9 Å². The van der Waals surface area contributed by atoms with Gasteiger partial charge < -0.3 is 9.53 Å². The summed E-state index contributed by atoms with van der Waals surface area (Å²) in [6.07, 6.45) is -0.127. The Morgan fingerprint density at radius 1 is 0.900 bits per heavy atom. The molecule has 20 heavy (non-hydrogen) atoms. The van der Waals surface area contributed by atoms with Gasteiger partial charge in [-0.2, -0.15) is 0 Å². The summed E-state index contributed by atoms with van der Waals surface area (Å²) >= 11 is 0. The molecule has 114 valence electrons. The predicted molar refractivity (Wildman–Crippen MR) is 88.3 cm³/mol. The highest BCUT2D eigenvalue weighted by molar-refractivity contribution is 6.77. The Morgan fingerprint density at radius 3 is 1.75 bits per heavy atom. The molecular formula is C17H30O2Si. The van der Waals surface area contributed by atoms with Crippen LogP contribution in [0.3, 0.4) is 0 Å². The first kappa shape index (κ1) is 17.4. The minimum atomic E-state index is -1.99. The Bertz CT molecular complexity index is 365. The van der Waals surface area contributed by atoms with Gasteiger partial charge in [0.1, 0.15) is 6.29 Å². The van der Waals surface area contributed by atoms with E-state index in [1.54, 1.807) is 0 Å². The Hall–Kier alpha value is -0.643. The van der Waals surface area contributed by atoms with E-state index < -0.39 is 14.6 Å². The molecule has 1 aromatic carbocycles. The zero-order chi connectivity index (χ0) is 15.3.